The van der Waals surface area contributed by atoms with Crippen LogP contribution in [-0.4, -0.2) is 14.5 Å². The minimum atomic E-state index is 0.620. The molecule has 5 nitrogen and oxygen atoms in total. The summed E-state index contributed by atoms with van der Waals surface area (Å²) in [4.78, 5) is 4.63. The number of nitrogens with one attached hydrogen (secondary N) is 1. The van der Waals surface area contributed by atoms with Gasteiger partial charge in [-0.25, -0.2) is 4.98 Å². The van der Waals surface area contributed by atoms with E-state index in [0.29, 0.717) is 6.54 Å². The zero-order valence-corrected chi connectivity index (χ0v) is 12.7. The molecule has 23 heavy (non-hydrogen) atoms. The Hall–Kier alpha value is -3.08. The highest BCUT2D eigenvalue weighted by molar-refractivity contribution is 5.65. The largest absolute Gasteiger partial charge is 0.378 e. The Morgan fingerprint density at radius 3 is 2.74 bits per heavy atom. The summed E-state index contributed by atoms with van der Waals surface area (Å²) >= 11 is 0. The summed E-state index contributed by atoms with van der Waals surface area (Å²) in [5.41, 5.74) is 4.93. The first-order valence-corrected chi connectivity index (χ1v) is 7.48. The van der Waals surface area contributed by atoms with E-state index in [2.05, 4.69) is 27.6 Å². The normalized spacial score (nSPS) is 11.0. The van der Waals surface area contributed by atoms with Crippen molar-refractivity contribution >= 4 is 11.3 Å². The number of aromatic nitrogens is 3. The summed E-state index contributed by atoms with van der Waals surface area (Å²) in [6, 6.07) is 16.1. The van der Waals surface area contributed by atoms with Gasteiger partial charge in [-0.2, -0.15) is 0 Å². The van der Waals surface area contributed by atoms with Crippen LogP contribution >= 0.6 is 0 Å². The zero-order chi connectivity index (χ0) is 15.6. The molecule has 0 saturated heterocycles. The Kier molecular flexibility index (Phi) is 3.31. The fraction of sp³-hybridized carbons (Fsp3) is 0.111. The van der Waals surface area contributed by atoms with Crippen molar-refractivity contribution < 1.29 is 4.52 Å². The molecule has 0 aliphatic heterocycles. The highest BCUT2D eigenvalue weighted by Gasteiger charge is 2.04. The summed E-state index contributed by atoms with van der Waals surface area (Å²) in [6.45, 7) is 2.53. The van der Waals surface area contributed by atoms with Crippen LogP contribution in [0, 0.1) is 6.92 Å². The highest BCUT2D eigenvalue weighted by Crippen LogP contribution is 2.21. The van der Waals surface area contributed by atoms with Gasteiger partial charge in [0.15, 0.2) is 5.76 Å². The number of rotatable bonds is 4. The van der Waals surface area contributed by atoms with Crippen LogP contribution in [0.4, 0.5) is 5.69 Å². The molecule has 1 aromatic carbocycles. The first-order valence-electron chi connectivity index (χ1n) is 7.48. The van der Waals surface area contributed by atoms with E-state index in [4.69, 9.17) is 4.52 Å². The third-order valence-electron chi connectivity index (χ3n) is 3.69. The summed E-state index contributed by atoms with van der Waals surface area (Å²) < 4.78 is 7.21. The summed E-state index contributed by atoms with van der Waals surface area (Å²) in [5.74, 6) is 0.826. The van der Waals surface area contributed by atoms with Crippen LogP contribution in [0.1, 0.15) is 11.5 Å². The van der Waals surface area contributed by atoms with E-state index in [1.165, 1.54) is 0 Å². The SMILES string of the molecule is Cc1cc(CNc2ccc(-c3cn4ccccc4n3)cc2)on1. The van der Waals surface area contributed by atoms with E-state index < -0.39 is 0 Å². The lowest BCUT2D eigenvalue weighted by Crippen LogP contribution is -1.97. The van der Waals surface area contributed by atoms with Crippen molar-refractivity contribution in [3.05, 3.63) is 72.4 Å². The number of benzene rings is 1. The average Bonchev–Trinajstić information content (AvgIpc) is 3.19. The number of fused-ring (bicyclic) bond motifs is 1. The molecule has 0 aliphatic rings. The standard InChI is InChI=1S/C18H16N4O/c1-13-10-16(23-21-13)11-19-15-7-5-14(6-8-15)17-12-22-9-3-2-4-18(22)20-17/h2-10,12,19H,11H2,1H3. The Morgan fingerprint density at radius 1 is 1.13 bits per heavy atom. The summed E-state index contributed by atoms with van der Waals surface area (Å²) in [7, 11) is 0. The first-order chi connectivity index (χ1) is 11.3. The molecule has 0 aliphatic carbocycles. The topological polar surface area (TPSA) is 55.4 Å². The first kappa shape index (κ1) is 13.6. The van der Waals surface area contributed by atoms with Crippen LogP contribution in [0.25, 0.3) is 16.9 Å². The van der Waals surface area contributed by atoms with E-state index in [1.807, 2.05) is 60.1 Å². The van der Waals surface area contributed by atoms with Gasteiger partial charge in [0.2, 0.25) is 0 Å². The number of anilines is 1. The highest BCUT2D eigenvalue weighted by atomic mass is 16.5. The lowest BCUT2D eigenvalue weighted by atomic mass is 10.1. The second kappa shape index (κ2) is 5.61. The maximum Gasteiger partial charge on any atom is 0.156 e. The maximum absolute atomic E-state index is 5.19. The van der Waals surface area contributed by atoms with Gasteiger partial charge in [0.05, 0.1) is 17.9 Å². The second-order valence-corrected chi connectivity index (χ2v) is 5.46. The molecule has 0 saturated carbocycles. The fourth-order valence-corrected chi connectivity index (χ4v) is 2.52. The van der Waals surface area contributed by atoms with Crippen LogP contribution in [0.2, 0.25) is 0 Å². The van der Waals surface area contributed by atoms with Crippen molar-refractivity contribution in [3.8, 4) is 11.3 Å². The molecule has 114 valence electrons. The predicted octanol–water partition coefficient (Wildman–Crippen LogP) is 3.91. The Balaban J connectivity index is 1.51. The number of aryl methyl sites for hydroxylation is 1. The van der Waals surface area contributed by atoms with E-state index in [0.717, 1.165) is 34.0 Å². The molecule has 0 unspecified atom stereocenters. The lowest BCUT2D eigenvalue weighted by molar-refractivity contribution is 0.384. The van der Waals surface area contributed by atoms with Gasteiger partial charge in [-0.3, -0.25) is 0 Å². The van der Waals surface area contributed by atoms with Crippen LogP contribution in [0.3, 0.4) is 0 Å². The van der Waals surface area contributed by atoms with Gasteiger partial charge in [-0.1, -0.05) is 23.4 Å². The van der Waals surface area contributed by atoms with E-state index in [1.54, 1.807) is 0 Å². The van der Waals surface area contributed by atoms with Crippen LogP contribution in [-0.2, 0) is 6.54 Å². The zero-order valence-electron chi connectivity index (χ0n) is 12.7. The second-order valence-electron chi connectivity index (χ2n) is 5.46. The van der Waals surface area contributed by atoms with Crippen molar-refractivity contribution in [1.29, 1.82) is 0 Å². The number of nitrogens with zero attached hydrogens (tertiary/aromatic N) is 3. The van der Waals surface area contributed by atoms with Gasteiger partial charge in [0.1, 0.15) is 5.65 Å². The Labute approximate surface area is 133 Å². The molecule has 4 rings (SSSR count). The Morgan fingerprint density at radius 2 is 2.00 bits per heavy atom. The predicted molar refractivity (Wildman–Crippen MR) is 89.2 cm³/mol. The van der Waals surface area contributed by atoms with Gasteiger partial charge in [-0.15, -0.1) is 0 Å². The molecule has 3 heterocycles. The molecule has 3 aromatic heterocycles. The molecular weight excluding hydrogens is 288 g/mol. The molecule has 5 heteroatoms. The van der Waals surface area contributed by atoms with Crippen LogP contribution in [0.5, 0.6) is 0 Å². The average molecular weight is 304 g/mol. The molecule has 0 radical (unpaired) electrons. The van der Waals surface area contributed by atoms with Gasteiger partial charge in [0, 0.05) is 29.7 Å². The van der Waals surface area contributed by atoms with Crippen LogP contribution in [0.15, 0.2) is 65.4 Å². The molecule has 0 atom stereocenters. The lowest BCUT2D eigenvalue weighted by Gasteiger charge is -2.04. The summed E-state index contributed by atoms with van der Waals surface area (Å²) in [5, 5.41) is 7.20. The van der Waals surface area contributed by atoms with E-state index >= 15 is 0 Å². The van der Waals surface area contributed by atoms with Crippen molar-refractivity contribution in [2.45, 2.75) is 13.5 Å². The fourth-order valence-electron chi connectivity index (χ4n) is 2.52. The molecule has 4 aromatic rings. The third-order valence-corrected chi connectivity index (χ3v) is 3.69. The molecule has 0 bridgehead atoms. The van der Waals surface area contributed by atoms with E-state index in [-0.39, 0.29) is 0 Å². The van der Waals surface area contributed by atoms with Crippen LogP contribution < -0.4 is 5.32 Å². The smallest absolute Gasteiger partial charge is 0.156 e. The van der Waals surface area contributed by atoms with Crippen molar-refractivity contribution in [1.82, 2.24) is 14.5 Å². The number of imidazole rings is 1. The third kappa shape index (κ3) is 2.81. The van der Waals surface area contributed by atoms with Gasteiger partial charge in [-0.05, 0) is 31.2 Å². The van der Waals surface area contributed by atoms with Gasteiger partial charge < -0.3 is 14.2 Å². The molecule has 0 fully saturated rings. The number of hydrogen-bond donors (Lipinski definition) is 1. The minimum Gasteiger partial charge on any atom is -0.378 e. The molecule has 0 spiro atoms. The molecule has 1 N–H and O–H groups in total. The maximum atomic E-state index is 5.19. The Bertz CT molecular complexity index is 904. The molecule has 0 amide bonds. The van der Waals surface area contributed by atoms with Crippen molar-refractivity contribution in [2.75, 3.05) is 5.32 Å². The quantitative estimate of drug-likeness (QED) is 0.621. The van der Waals surface area contributed by atoms with Gasteiger partial charge in [0.25, 0.3) is 0 Å². The minimum absolute atomic E-state index is 0.620. The van der Waals surface area contributed by atoms with Crippen molar-refractivity contribution in [3.63, 3.8) is 0 Å². The number of hydrogen-bond acceptors (Lipinski definition) is 4. The van der Waals surface area contributed by atoms with Crippen molar-refractivity contribution in [2.24, 2.45) is 0 Å². The molecular formula is C18H16N4O. The van der Waals surface area contributed by atoms with Gasteiger partial charge >= 0.3 is 0 Å². The number of pyridine rings is 1. The van der Waals surface area contributed by atoms with E-state index in [9.17, 15) is 0 Å². The summed E-state index contributed by atoms with van der Waals surface area (Å²) in [6.07, 6.45) is 4.04. The monoisotopic (exact) mass is 304 g/mol.